The first-order chi connectivity index (χ1) is 9.39. The molecule has 1 aromatic carbocycles. The maximum Gasteiger partial charge on any atom is 0.176 e. The summed E-state index contributed by atoms with van der Waals surface area (Å²) in [4.78, 5) is 14.4. The summed E-state index contributed by atoms with van der Waals surface area (Å²) in [5, 5.41) is 9.88. The van der Waals surface area contributed by atoms with Crippen LogP contribution in [0.3, 0.4) is 0 Å². The van der Waals surface area contributed by atoms with E-state index < -0.39 is 5.60 Å². The quantitative estimate of drug-likeness (QED) is 0.811. The lowest BCUT2D eigenvalue weighted by atomic mass is 10.0. The van der Waals surface area contributed by atoms with E-state index in [1.807, 2.05) is 17.9 Å². The topological polar surface area (TPSA) is 40.5 Å². The summed E-state index contributed by atoms with van der Waals surface area (Å²) in [5.74, 6) is 0.144. The smallest absolute Gasteiger partial charge is 0.176 e. The number of nitrogens with zero attached hydrogens (tertiary/aromatic N) is 1. The molecular weight excluding hydrogens is 250 g/mol. The standard InChI is InChI=1S/C17H25NO2/c1-4-18(12-17(2,3)20)11-16(19)15-9-8-13-6-5-7-14(13)10-15/h8-10,20H,4-7,11-12H2,1-3H3. The minimum atomic E-state index is -0.770. The second-order valence-electron chi connectivity index (χ2n) is 6.38. The number of carbonyl (C=O) groups is 1. The van der Waals surface area contributed by atoms with Gasteiger partial charge in [0.25, 0.3) is 0 Å². The summed E-state index contributed by atoms with van der Waals surface area (Å²) in [6, 6.07) is 6.11. The SMILES string of the molecule is CCN(CC(=O)c1ccc2c(c1)CCC2)CC(C)(C)O. The molecule has 0 spiro atoms. The monoisotopic (exact) mass is 275 g/mol. The second kappa shape index (κ2) is 6.06. The molecule has 0 fully saturated rings. The summed E-state index contributed by atoms with van der Waals surface area (Å²) in [5.41, 5.74) is 2.76. The van der Waals surface area contributed by atoms with E-state index in [-0.39, 0.29) is 5.78 Å². The number of Topliss-reactive ketones (excluding diaryl/α,β-unsaturated/α-hetero) is 1. The molecule has 1 aliphatic carbocycles. The molecule has 2 rings (SSSR count). The highest BCUT2D eigenvalue weighted by atomic mass is 16.3. The molecule has 0 radical (unpaired) electrons. The fraction of sp³-hybridized carbons (Fsp3) is 0.588. The Morgan fingerprint density at radius 1 is 1.30 bits per heavy atom. The van der Waals surface area contributed by atoms with Crippen molar-refractivity contribution < 1.29 is 9.90 Å². The molecule has 110 valence electrons. The van der Waals surface area contributed by atoms with Gasteiger partial charge in [0.1, 0.15) is 0 Å². The lowest BCUT2D eigenvalue weighted by molar-refractivity contribution is 0.0376. The van der Waals surface area contributed by atoms with E-state index in [4.69, 9.17) is 0 Å². The molecule has 0 unspecified atom stereocenters. The average Bonchev–Trinajstić information content (AvgIpc) is 2.83. The zero-order valence-corrected chi connectivity index (χ0v) is 12.8. The predicted molar refractivity (Wildman–Crippen MR) is 81.2 cm³/mol. The normalized spacial score (nSPS) is 14.7. The molecule has 0 heterocycles. The van der Waals surface area contributed by atoms with Gasteiger partial charge in [-0.3, -0.25) is 9.69 Å². The summed E-state index contributed by atoms with van der Waals surface area (Å²) < 4.78 is 0. The fourth-order valence-corrected chi connectivity index (χ4v) is 2.87. The van der Waals surface area contributed by atoms with Crippen LogP contribution >= 0.6 is 0 Å². The van der Waals surface area contributed by atoms with Gasteiger partial charge in [-0.05, 0) is 56.8 Å². The summed E-state index contributed by atoms with van der Waals surface area (Å²) in [6.45, 7) is 7.22. The fourth-order valence-electron chi connectivity index (χ4n) is 2.87. The second-order valence-corrected chi connectivity index (χ2v) is 6.38. The maximum absolute atomic E-state index is 12.4. The van der Waals surface area contributed by atoms with E-state index in [0.717, 1.165) is 24.9 Å². The van der Waals surface area contributed by atoms with Gasteiger partial charge >= 0.3 is 0 Å². The zero-order chi connectivity index (χ0) is 14.8. The van der Waals surface area contributed by atoms with Crippen molar-refractivity contribution in [3.63, 3.8) is 0 Å². The Labute approximate surface area is 121 Å². The Morgan fingerprint density at radius 3 is 2.65 bits per heavy atom. The van der Waals surface area contributed by atoms with Crippen molar-refractivity contribution >= 4 is 5.78 Å². The number of ketones is 1. The number of rotatable bonds is 6. The minimum Gasteiger partial charge on any atom is -0.389 e. The first-order valence-corrected chi connectivity index (χ1v) is 7.49. The number of aryl methyl sites for hydroxylation is 2. The zero-order valence-electron chi connectivity index (χ0n) is 12.8. The lowest BCUT2D eigenvalue weighted by Crippen LogP contribution is -2.41. The first-order valence-electron chi connectivity index (χ1n) is 7.49. The Hall–Kier alpha value is -1.19. The van der Waals surface area contributed by atoms with E-state index in [0.29, 0.717) is 13.1 Å². The van der Waals surface area contributed by atoms with E-state index in [1.165, 1.54) is 17.5 Å². The van der Waals surface area contributed by atoms with E-state index in [2.05, 4.69) is 12.1 Å². The van der Waals surface area contributed by atoms with Crippen molar-refractivity contribution in [2.45, 2.75) is 45.6 Å². The van der Waals surface area contributed by atoms with E-state index >= 15 is 0 Å². The summed E-state index contributed by atoms with van der Waals surface area (Å²) >= 11 is 0. The van der Waals surface area contributed by atoms with Gasteiger partial charge in [0.15, 0.2) is 5.78 Å². The molecule has 3 heteroatoms. The number of benzene rings is 1. The third kappa shape index (κ3) is 3.90. The highest BCUT2D eigenvalue weighted by Crippen LogP contribution is 2.23. The Morgan fingerprint density at radius 2 is 2.00 bits per heavy atom. The number of likely N-dealkylation sites (N-methyl/N-ethyl adjacent to an activating group) is 1. The third-order valence-corrected chi connectivity index (χ3v) is 3.85. The van der Waals surface area contributed by atoms with Crippen molar-refractivity contribution in [3.05, 3.63) is 34.9 Å². The van der Waals surface area contributed by atoms with Gasteiger partial charge in [0, 0.05) is 12.1 Å². The van der Waals surface area contributed by atoms with Crippen LogP contribution in [0, 0.1) is 0 Å². The van der Waals surface area contributed by atoms with E-state index in [1.54, 1.807) is 13.8 Å². The Kier molecular flexibility index (Phi) is 4.61. The molecule has 0 aliphatic heterocycles. The van der Waals surface area contributed by atoms with Gasteiger partial charge in [-0.15, -0.1) is 0 Å². The highest BCUT2D eigenvalue weighted by molar-refractivity contribution is 5.97. The molecule has 1 aromatic rings. The molecule has 0 saturated carbocycles. The molecule has 20 heavy (non-hydrogen) atoms. The maximum atomic E-state index is 12.4. The van der Waals surface area contributed by atoms with Crippen LogP contribution in [0.5, 0.6) is 0 Å². The van der Waals surface area contributed by atoms with Crippen LogP contribution in [0.2, 0.25) is 0 Å². The highest BCUT2D eigenvalue weighted by Gasteiger charge is 2.20. The number of carbonyl (C=O) groups excluding carboxylic acids is 1. The van der Waals surface area contributed by atoms with Crippen LogP contribution in [0.15, 0.2) is 18.2 Å². The van der Waals surface area contributed by atoms with Crippen LogP contribution in [0.4, 0.5) is 0 Å². The molecule has 0 aromatic heterocycles. The lowest BCUT2D eigenvalue weighted by Gasteiger charge is -2.27. The minimum absolute atomic E-state index is 0.144. The van der Waals surface area contributed by atoms with Gasteiger partial charge in [0.2, 0.25) is 0 Å². The molecule has 1 N–H and O–H groups in total. The summed E-state index contributed by atoms with van der Waals surface area (Å²) in [7, 11) is 0. The molecule has 1 aliphatic rings. The van der Waals surface area contributed by atoms with Gasteiger partial charge in [-0.25, -0.2) is 0 Å². The van der Waals surface area contributed by atoms with Crippen LogP contribution in [-0.4, -0.2) is 41.0 Å². The molecule has 0 amide bonds. The largest absolute Gasteiger partial charge is 0.389 e. The third-order valence-electron chi connectivity index (χ3n) is 3.85. The molecule has 0 saturated heterocycles. The van der Waals surface area contributed by atoms with E-state index in [9.17, 15) is 9.90 Å². The van der Waals surface area contributed by atoms with Crippen LogP contribution in [0.25, 0.3) is 0 Å². The van der Waals surface area contributed by atoms with Gasteiger partial charge in [-0.1, -0.05) is 19.1 Å². The molecule has 3 nitrogen and oxygen atoms in total. The first kappa shape index (κ1) is 15.2. The van der Waals surface area contributed by atoms with Crippen LogP contribution in [0.1, 0.15) is 48.7 Å². The Bertz CT molecular complexity index is 488. The molecule has 0 atom stereocenters. The molecular formula is C17H25NO2. The van der Waals surface area contributed by atoms with Gasteiger partial charge < -0.3 is 5.11 Å². The number of hydrogen-bond donors (Lipinski definition) is 1. The number of fused-ring (bicyclic) bond motifs is 1. The molecule has 0 bridgehead atoms. The van der Waals surface area contributed by atoms with Crippen molar-refractivity contribution in [2.24, 2.45) is 0 Å². The van der Waals surface area contributed by atoms with Gasteiger partial charge in [0.05, 0.1) is 12.1 Å². The predicted octanol–water partition coefficient (Wildman–Crippen LogP) is 2.45. The van der Waals surface area contributed by atoms with Crippen molar-refractivity contribution in [3.8, 4) is 0 Å². The van der Waals surface area contributed by atoms with Crippen LogP contribution < -0.4 is 0 Å². The van der Waals surface area contributed by atoms with Crippen molar-refractivity contribution in [1.82, 2.24) is 4.90 Å². The average molecular weight is 275 g/mol. The van der Waals surface area contributed by atoms with Crippen molar-refractivity contribution in [2.75, 3.05) is 19.6 Å². The van der Waals surface area contributed by atoms with Crippen LogP contribution in [-0.2, 0) is 12.8 Å². The number of aliphatic hydroxyl groups is 1. The van der Waals surface area contributed by atoms with Gasteiger partial charge in [-0.2, -0.15) is 0 Å². The Balaban J connectivity index is 2.03. The van der Waals surface area contributed by atoms with Crippen molar-refractivity contribution in [1.29, 1.82) is 0 Å². The summed E-state index contributed by atoms with van der Waals surface area (Å²) in [6.07, 6.45) is 3.44. The number of hydrogen-bond acceptors (Lipinski definition) is 3.